The molecule has 1 N–H and O–H groups in total. The van der Waals surface area contributed by atoms with Crippen LogP contribution in [-0.4, -0.2) is 40.7 Å². The molecule has 154 valence electrons. The fourth-order valence-corrected chi connectivity index (χ4v) is 4.68. The van der Waals surface area contributed by atoms with Crippen LogP contribution < -0.4 is 10.3 Å². The molecule has 0 unspecified atom stereocenters. The predicted molar refractivity (Wildman–Crippen MR) is 116 cm³/mol. The van der Waals surface area contributed by atoms with Crippen LogP contribution in [0.25, 0.3) is 10.2 Å². The maximum atomic E-state index is 14.0. The summed E-state index contributed by atoms with van der Waals surface area (Å²) in [6.45, 7) is 4.33. The zero-order valence-corrected chi connectivity index (χ0v) is 18.3. The van der Waals surface area contributed by atoms with Crippen LogP contribution in [0.3, 0.4) is 0 Å². The number of fused-ring (bicyclic) bond motifs is 1. The van der Waals surface area contributed by atoms with Crippen LogP contribution in [0.15, 0.2) is 23.0 Å². The Hall–Kier alpha value is -2.39. The number of carbonyl (C=O) groups excluding carboxylic acids is 1. The molecule has 3 rings (SSSR count). The van der Waals surface area contributed by atoms with Crippen molar-refractivity contribution < 1.29 is 13.9 Å². The van der Waals surface area contributed by atoms with Crippen molar-refractivity contribution in [2.75, 3.05) is 19.9 Å². The molecule has 29 heavy (non-hydrogen) atoms. The largest absolute Gasteiger partial charge is 0.494 e. The second kappa shape index (κ2) is 8.96. The Kier molecular flexibility index (Phi) is 6.59. The lowest BCUT2D eigenvalue weighted by Crippen LogP contribution is -2.30. The average molecular weight is 436 g/mol. The molecule has 0 spiro atoms. The Morgan fingerprint density at radius 3 is 2.79 bits per heavy atom. The van der Waals surface area contributed by atoms with Crippen LogP contribution in [0.4, 0.5) is 4.39 Å². The van der Waals surface area contributed by atoms with Gasteiger partial charge in [0.1, 0.15) is 10.7 Å². The van der Waals surface area contributed by atoms with E-state index >= 15 is 0 Å². The van der Waals surface area contributed by atoms with Gasteiger partial charge in [-0.3, -0.25) is 9.59 Å². The third-order valence-electron chi connectivity index (χ3n) is 4.58. The van der Waals surface area contributed by atoms with Gasteiger partial charge in [0.2, 0.25) is 0 Å². The van der Waals surface area contributed by atoms with E-state index in [1.807, 2.05) is 13.2 Å². The lowest BCUT2D eigenvalue weighted by Gasteiger charge is -2.21. The summed E-state index contributed by atoms with van der Waals surface area (Å²) in [7, 11) is 1.41. The van der Waals surface area contributed by atoms with Crippen molar-refractivity contribution in [2.24, 2.45) is 0 Å². The number of thioether (sulfide) groups is 1. The third-order valence-corrected chi connectivity index (χ3v) is 6.32. The summed E-state index contributed by atoms with van der Waals surface area (Å²) >= 11 is 2.78. The molecule has 0 aliphatic carbocycles. The number of carbonyl (C=O) groups is 1. The predicted octanol–water partition coefficient (Wildman–Crippen LogP) is 3.97. The van der Waals surface area contributed by atoms with Crippen molar-refractivity contribution in [2.45, 2.75) is 26.1 Å². The Balaban J connectivity index is 1.94. The summed E-state index contributed by atoms with van der Waals surface area (Å²) in [6, 6.07) is 4.65. The van der Waals surface area contributed by atoms with E-state index in [-0.39, 0.29) is 23.8 Å². The number of ether oxygens (including phenoxy) is 1. The normalized spacial score (nSPS) is 11.1. The lowest BCUT2D eigenvalue weighted by molar-refractivity contribution is 0.0756. The number of nitrogens with zero attached hydrogens (tertiary/aromatic N) is 2. The molecule has 0 saturated heterocycles. The van der Waals surface area contributed by atoms with Gasteiger partial charge >= 0.3 is 0 Å². The fourth-order valence-electron chi connectivity index (χ4n) is 3.10. The number of nitrogens with one attached hydrogen (secondary N) is 1. The minimum Gasteiger partial charge on any atom is -0.494 e. The zero-order valence-electron chi connectivity index (χ0n) is 16.7. The number of H-pyrrole nitrogens is 1. The van der Waals surface area contributed by atoms with E-state index in [1.165, 1.54) is 24.5 Å². The molecular weight excluding hydrogens is 413 g/mol. The minimum atomic E-state index is -0.469. The molecule has 0 aliphatic heterocycles. The van der Waals surface area contributed by atoms with Gasteiger partial charge in [-0.2, -0.15) is 11.8 Å². The number of rotatable bonds is 7. The molecule has 1 amide bonds. The van der Waals surface area contributed by atoms with Crippen LogP contribution in [0.1, 0.15) is 33.5 Å². The van der Waals surface area contributed by atoms with Gasteiger partial charge in [0.25, 0.3) is 11.5 Å². The Morgan fingerprint density at radius 1 is 1.41 bits per heavy atom. The van der Waals surface area contributed by atoms with Gasteiger partial charge in [0.15, 0.2) is 11.6 Å². The molecular formula is C20H22FN3O3S2. The van der Waals surface area contributed by atoms with Crippen LogP contribution in [0, 0.1) is 12.7 Å². The van der Waals surface area contributed by atoms with E-state index in [4.69, 9.17) is 4.74 Å². The molecule has 2 heterocycles. The highest BCUT2D eigenvalue weighted by Crippen LogP contribution is 2.29. The summed E-state index contributed by atoms with van der Waals surface area (Å²) in [4.78, 5) is 35.6. The average Bonchev–Trinajstić information content (AvgIpc) is 3.02. The smallest absolute Gasteiger partial charge is 0.264 e. The van der Waals surface area contributed by atoms with Gasteiger partial charge in [-0.15, -0.1) is 11.3 Å². The number of hydrogen-bond donors (Lipinski definition) is 1. The number of aromatic nitrogens is 2. The van der Waals surface area contributed by atoms with Crippen LogP contribution in [-0.2, 0) is 12.3 Å². The number of hydrogen-bond acceptors (Lipinski definition) is 6. The van der Waals surface area contributed by atoms with E-state index in [1.54, 1.807) is 35.7 Å². The summed E-state index contributed by atoms with van der Waals surface area (Å²) in [5.74, 6) is 0.681. The summed E-state index contributed by atoms with van der Waals surface area (Å²) < 4.78 is 18.9. The van der Waals surface area contributed by atoms with Crippen LogP contribution >= 0.6 is 23.1 Å². The molecule has 0 fully saturated rings. The third kappa shape index (κ3) is 4.30. The van der Waals surface area contributed by atoms with E-state index in [0.717, 1.165) is 0 Å². The first-order chi connectivity index (χ1) is 13.9. The topological polar surface area (TPSA) is 75.3 Å². The number of methoxy groups -OCH3 is 1. The molecule has 9 heteroatoms. The SMILES string of the molecule is CCN(Cc1ccc(OC)c(F)c1)C(=O)c1sc2nc(CSC)[nH]c(=O)c2c1C. The standard InChI is InChI=1S/C20H22FN3O3S2/c1-5-24(9-12-6-7-14(27-3)13(21)8-12)20(26)17-11(2)16-18(25)22-15(10-28-4)23-19(16)29-17/h6-8H,5,9-10H2,1-4H3,(H,22,23,25). The van der Waals surface area contributed by atoms with Crippen molar-refractivity contribution in [1.29, 1.82) is 0 Å². The van der Waals surface area contributed by atoms with E-state index in [0.29, 0.717) is 44.3 Å². The van der Waals surface area contributed by atoms with Gasteiger partial charge in [-0.1, -0.05) is 6.07 Å². The van der Waals surface area contributed by atoms with Gasteiger partial charge in [0.05, 0.1) is 23.1 Å². The van der Waals surface area contributed by atoms with Crippen molar-refractivity contribution in [3.8, 4) is 5.75 Å². The molecule has 0 aliphatic rings. The first kappa shape index (κ1) is 21.3. The summed E-state index contributed by atoms with van der Waals surface area (Å²) in [5, 5.41) is 0.453. The zero-order chi connectivity index (χ0) is 21.1. The Labute approximate surface area is 176 Å². The van der Waals surface area contributed by atoms with Crippen molar-refractivity contribution >= 4 is 39.2 Å². The molecule has 0 bridgehead atoms. The van der Waals surface area contributed by atoms with Crippen LogP contribution in [0.5, 0.6) is 5.75 Å². The number of benzene rings is 1. The Morgan fingerprint density at radius 2 is 2.17 bits per heavy atom. The molecule has 0 radical (unpaired) electrons. The number of aromatic amines is 1. The number of amides is 1. The highest BCUT2D eigenvalue weighted by molar-refractivity contribution is 7.97. The fraction of sp³-hybridized carbons (Fsp3) is 0.350. The molecule has 2 aromatic heterocycles. The molecule has 0 atom stereocenters. The van der Waals surface area contributed by atoms with Gasteiger partial charge < -0.3 is 14.6 Å². The number of halogens is 1. The Bertz CT molecular complexity index is 1110. The molecule has 6 nitrogen and oxygen atoms in total. The first-order valence-corrected chi connectivity index (χ1v) is 11.2. The summed E-state index contributed by atoms with van der Waals surface area (Å²) in [5.41, 5.74) is 1.06. The molecule has 3 aromatic rings. The second-order valence-electron chi connectivity index (χ2n) is 6.47. The van der Waals surface area contributed by atoms with E-state index in [2.05, 4.69) is 9.97 Å². The summed E-state index contributed by atoms with van der Waals surface area (Å²) in [6.07, 6.45) is 1.93. The first-order valence-electron chi connectivity index (χ1n) is 9.02. The molecule has 0 saturated carbocycles. The van der Waals surface area contributed by atoms with Crippen molar-refractivity contribution in [1.82, 2.24) is 14.9 Å². The second-order valence-corrected chi connectivity index (χ2v) is 8.34. The quantitative estimate of drug-likeness (QED) is 0.608. The van der Waals surface area contributed by atoms with Crippen molar-refractivity contribution in [3.05, 3.63) is 56.2 Å². The van der Waals surface area contributed by atoms with E-state index in [9.17, 15) is 14.0 Å². The van der Waals surface area contributed by atoms with Gasteiger partial charge in [-0.05, 0) is 43.4 Å². The van der Waals surface area contributed by atoms with Gasteiger partial charge in [-0.25, -0.2) is 9.37 Å². The van der Waals surface area contributed by atoms with E-state index < -0.39 is 5.82 Å². The highest BCUT2D eigenvalue weighted by atomic mass is 32.2. The number of aryl methyl sites for hydroxylation is 1. The van der Waals surface area contributed by atoms with Gasteiger partial charge in [0, 0.05) is 13.1 Å². The maximum Gasteiger partial charge on any atom is 0.264 e. The highest BCUT2D eigenvalue weighted by Gasteiger charge is 2.23. The van der Waals surface area contributed by atoms with Crippen LogP contribution in [0.2, 0.25) is 0 Å². The van der Waals surface area contributed by atoms with Crippen molar-refractivity contribution in [3.63, 3.8) is 0 Å². The molecule has 1 aromatic carbocycles. The maximum absolute atomic E-state index is 14.0. The monoisotopic (exact) mass is 435 g/mol. The number of thiophene rings is 1. The minimum absolute atomic E-state index is 0.162. The lowest BCUT2D eigenvalue weighted by atomic mass is 10.1.